The molecule has 3 aromatic rings. The second-order valence-corrected chi connectivity index (χ2v) is 8.17. The van der Waals surface area contributed by atoms with Crippen molar-refractivity contribution in [2.24, 2.45) is 5.41 Å². The van der Waals surface area contributed by atoms with E-state index in [0.29, 0.717) is 0 Å². The number of halogens is 3. The van der Waals surface area contributed by atoms with Crippen LogP contribution < -0.4 is 4.74 Å². The summed E-state index contributed by atoms with van der Waals surface area (Å²) in [6, 6.07) is 7.53. The molecule has 0 aliphatic rings. The number of nitro groups is 1. The van der Waals surface area contributed by atoms with Gasteiger partial charge in [0, 0.05) is 23.3 Å². The molecule has 0 spiro atoms. The van der Waals surface area contributed by atoms with E-state index in [2.05, 4.69) is 10.2 Å². The molecule has 0 aliphatic carbocycles. The third-order valence-electron chi connectivity index (χ3n) is 4.73. The number of aromatic nitrogens is 2. The second kappa shape index (κ2) is 8.52. The highest BCUT2D eigenvalue weighted by atomic mass is 19.4. The van der Waals surface area contributed by atoms with Crippen molar-refractivity contribution in [2.45, 2.75) is 32.9 Å². The van der Waals surface area contributed by atoms with E-state index in [0.717, 1.165) is 30.3 Å². The summed E-state index contributed by atoms with van der Waals surface area (Å²) >= 11 is 0. The van der Waals surface area contributed by atoms with Crippen molar-refractivity contribution in [1.29, 1.82) is 0 Å². The van der Waals surface area contributed by atoms with Crippen LogP contribution in [-0.4, -0.2) is 26.4 Å². The Bertz CT molecular complexity index is 1180. The number of carbonyl (C=O) groups is 1. The van der Waals surface area contributed by atoms with Crippen LogP contribution in [0.15, 0.2) is 46.9 Å². The monoisotopic (exact) mass is 465 g/mol. The lowest BCUT2D eigenvalue weighted by Gasteiger charge is -2.29. The van der Waals surface area contributed by atoms with Gasteiger partial charge in [0.05, 0.1) is 16.4 Å². The lowest BCUT2D eigenvalue weighted by Crippen LogP contribution is -2.21. The summed E-state index contributed by atoms with van der Waals surface area (Å²) in [6.07, 6.45) is -6.12. The zero-order valence-corrected chi connectivity index (χ0v) is 17.6. The summed E-state index contributed by atoms with van der Waals surface area (Å²) in [5, 5.41) is 28.3. The number of nitro benzene ring substituents is 1. The Morgan fingerprint density at radius 2 is 1.76 bits per heavy atom. The molecule has 12 heteroatoms. The first-order valence-corrected chi connectivity index (χ1v) is 9.47. The normalized spacial score (nSPS) is 12.9. The summed E-state index contributed by atoms with van der Waals surface area (Å²) in [4.78, 5) is 21.8. The molecule has 33 heavy (non-hydrogen) atoms. The average molecular weight is 465 g/mol. The molecule has 0 fully saturated rings. The van der Waals surface area contributed by atoms with Gasteiger partial charge in [0.25, 0.3) is 5.69 Å². The van der Waals surface area contributed by atoms with Gasteiger partial charge >= 0.3 is 12.3 Å². The summed E-state index contributed by atoms with van der Waals surface area (Å²) in [7, 11) is 0. The summed E-state index contributed by atoms with van der Waals surface area (Å²) in [6.45, 7) is 5.30. The van der Waals surface area contributed by atoms with E-state index in [1.165, 1.54) is 12.1 Å². The zero-order chi connectivity index (χ0) is 24.6. The van der Waals surface area contributed by atoms with Gasteiger partial charge in [0.2, 0.25) is 11.8 Å². The number of carboxylic acid groups (broad SMARTS) is 1. The summed E-state index contributed by atoms with van der Waals surface area (Å²) in [5.74, 6) is -1.09. The van der Waals surface area contributed by atoms with E-state index >= 15 is 0 Å². The van der Waals surface area contributed by atoms with E-state index < -0.39 is 34.2 Å². The molecule has 9 nitrogen and oxygen atoms in total. The Kier molecular flexibility index (Phi) is 6.12. The van der Waals surface area contributed by atoms with Crippen molar-refractivity contribution >= 4 is 11.8 Å². The summed E-state index contributed by atoms with van der Waals surface area (Å²) < 4.78 is 49.0. The van der Waals surface area contributed by atoms with Crippen LogP contribution >= 0.6 is 0 Å². The first-order valence-electron chi connectivity index (χ1n) is 9.47. The van der Waals surface area contributed by atoms with Gasteiger partial charge in [-0.3, -0.25) is 10.1 Å². The fourth-order valence-electron chi connectivity index (χ4n) is 3.30. The Balaban J connectivity index is 2.09. The molecule has 0 radical (unpaired) electrons. The lowest BCUT2D eigenvalue weighted by atomic mass is 9.76. The number of hydrogen-bond donors (Lipinski definition) is 1. The van der Waals surface area contributed by atoms with Crippen LogP contribution in [0.4, 0.5) is 23.7 Å². The van der Waals surface area contributed by atoms with E-state index in [-0.39, 0.29) is 34.3 Å². The molecule has 174 valence electrons. The Morgan fingerprint density at radius 3 is 2.27 bits per heavy atom. The fourth-order valence-corrected chi connectivity index (χ4v) is 3.30. The lowest BCUT2D eigenvalue weighted by molar-refractivity contribution is -0.385. The predicted octanol–water partition coefficient (Wildman–Crippen LogP) is 5.90. The molecule has 0 saturated carbocycles. The van der Waals surface area contributed by atoms with Gasteiger partial charge in [-0.2, -0.15) is 13.2 Å². The Labute approximate surface area is 185 Å². The minimum atomic E-state index is -4.50. The number of nitrogens with zero attached hydrogens (tertiary/aromatic N) is 3. The van der Waals surface area contributed by atoms with Gasteiger partial charge < -0.3 is 14.3 Å². The minimum Gasteiger partial charge on any atom is -0.449 e. The molecule has 0 amide bonds. The topological polar surface area (TPSA) is 129 Å². The number of alkyl halides is 3. The van der Waals surface area contributed by atoms with Crippen molar-refractivity contribution in [1.82, 2.24) is 10.2 Å². The van der Waals surface area contributed by atoms with E-state index in [4.69, 9.17) is 14.3 Å². The minimum absolute atomic E-state index is 0.0202. The molecule has 1 heterocycles. The van der Waals surface area contributed by atoms with Crippen molar-refractivity contribution in [3.63, 3.8) is 0 Å². The van der Waals surface area contributed by atoms with E-state index in [1.807, 2.05) is 0 Å². The Hall–Kier alpha value is -3.96. The van der Waals surface area contributed by atoms with Crippen LogP contribution in [0, 0.1) is 15.5 Å². The highest BCUT2D eigenvalue weighted by Crippen LogP contribution is 2.45. The maximum absolute atomic E-state index is 12.8. The smallest absolute Gasteiger partial charge is 0.449 e. The van der Waals surface area contributed by atoms with Crippen molar-refractivity contribution in [3.8, 4) is 17.2 Å². The third kappa shape index (κ3) is 5.27. The standard InChI is InChI=1S/C21H18F3N3O6/c1-20(2,3)16(14-10-13(27(30)31)8-9-15(14)32-19(28)29)18-26-25-17(33-18)11-4-6-12(7-5-11)21(22,23)24/h4-10,16H,1-3H3,(H,28,29). The van der Waals surface area contributed by atoms with Gasteiger partial charge in [0.1, 0.15) is 5.75 Å². The molecule has 1 aromatic heterocycles. The van der Waals surface area contributed by atoms with Crippen molar-refractivity contribution < 1.29 is 37.1 Å². The van der Waals surface area contributed by atoms with Gasteiger partial charge in [-0.05, 0) is 35.7 Å². The van der Waals surface area contributed by atoms with Crippen LogP contribution in [0.5, 0.6) is 5.75 Å². The van der Waals surface area contributed by atoms with Crippen LogP contribution in [0.2, 0.25) is 0 Å². The van der Waals surface area contributed by atoms with Crippen LogP contribution in [0.25, 0.3) is 11.5 Å². The highest BCUT2D eigenvalue weighted by molar-refractivity contribution is 5.63. The van der Waals surface area contributed by atoms with Gasteiger partial charge in [-0.1, -0.05) is 20.8 Å². The van der Waals surface area contributed by atoms with Gasteiger partial charge in [-0.25, -0.2) is 4.79 Å². The Morgan fingerprint density at radius 1 is 1.12 bits per heavy atom. The number of non-ortho nitro benzene ring substituents is 1. The van der Waals surface area contributed by atoms with Gasteiger partial charge in [-0.15, -0.1) is 10.2 Å². The van der Waals surface area contributed by atoms with Crippen LogP contribution in [0.1, 0.15) is 43.7 Å². The average Bonchev–Trinajstić information content (AvgIpc) is 3.16. The molecule has 0 bridgehead atoms. The largest absolute Gasteiger partial charge is 0.511 e. The molecule has 1 unspecified atom stereocenters. The zero-order valence-electron chi connectivity index (χ0n) is 17.6. The molecule has 1 atom stereocenters. The van der Waals surface area contributed by atoms with Crippen LogP contribution in [0.3, 0.4) is 0 Å². The molecule has 3 rings (SSSR count). The van der Waals surface area contributed by atoms with Crippen LogP contribution in [-0.2, 0) is 6.18 Å². The molecular weight excluding hydrogens is 447 g/mol. The van der Waals surface area contributed by atoms with E-state index in [9.17, 15) is 28.1 Å². The first-order chi connectivity index (χ1) is 15.3. The third-order valence-corrected chi connectivity index (χ3v) is 4.73. The van der Waals surface area contributed by atoms with E-state index in [1.54, 1.807) is 20.8 Å². The number of benzene rings is 2. The molecular formula is C21H18F3N3O6. The number of ether oxygens (including phenoxy) is 1. The number of rotatable bonds is 5. The van der Waals surface area contributed by atoms with Crippen molar-refractivity contribution in [2.75, 3.05) is 0 Å². The predicted molar refractivity (Wildman–Crippen MR) is 108 cm³/mol. The van der Waals surface area contributed by atoms with Crippen molar-refractivity contribution in [3.05, 3.63) is 69.6 Å². The maximum Gasteiger partial charge on any atom is 0.511 e. The van der Waals surface area contributed by atoms with Gasteiger partial charge in [0.15, 0.2) is 0 Å². The molecule has 0 aliphatic heterocycles. The highest BCUT2D eigenvalue weighted by Gasteiger charge is 2.37. The molecule has 1 N–H and O–H groups in total. The molecule has 2 aromatic carbocycles. The quantitative estimate of drug-likeness (QED) is 0.213. The second-order valence-electron chi connectivity index (χ2n) is 8.17. The SMILES string of the molecule is CC(C)(C)C(c1nnc(-c2ccc(C(F)(F)F)cc2)o1)c1cc([N+](=O)[O-])ccc1OC(=O)O. The molecule has 0 saturated heterocycles. The fraction of sp³-hybridized carbons (Fsp3) is 0.286. The number of hydrogen-bond acceptors (Lipinski definition) is 7. The summed E-state index contributed by atoms with van der Waals surface area (Å²) in [5.41, 5.74) is -1.50. The first kappa shape index (κ1) is 23.7. The maximum atomic E-state index is 12.8.